The SMILES string of the molecule is Cc1nnc(CN2CCC(Cn3cnc(C(C)C)cc3=O)CC2)s1. The predicted octanol–water partition coefficient (Wildman–Crippen LogP) is 2.44. The fraction of sp³-hybridized carbons (Fsp3) is 0.647. The normalized spacial score (nSPS) is 16.8. The Morgan fingerprint density at radius 1 is 1.29 bits per heavy atom. The third-order valence-electron chi connectivity index (χ3n) is 4.58. The smallest absolute Gasteiger partial charge is 0.253 e. The average Bonchev–Trinajstić information content (AvgIpc) is 2.96. The maximum absolute atomic E-state index is 12.2. The Labute approximate surface area is 146 Å². The number of nitrogens with zero attached hydrogens (tertiary/aromatic N) is 5. The molecular formula is C17H25N5OS. The lowest BCUT2D eigenvalue weighted by molar-refractivity contribution is 0.166. The summed E-state index contributed by atoms with van der Waals surface area (Å²) in [7, 11) is 0. The standard InChI is InChI=1S/C17H25N5OS/c1-12(2)15-8-17(23)22(11-18-15)9-14-4-6-21(7-5-14)10-16-20-19-13(3)24-16/h8,11-12,14H,4-7,9-10H2,1-3H3. The second-order valence-electron chi connectivity index (χ2n) is 6.89. The zero-order valence-corrected chi connectivity index (χ0v) is 15.4. The van der Waals surface area contributed by atoms with Gasteiger partial charge in [-0.15, -0.1) is 21.5 Å². The first-order valence-electron chi connectivity index (χ1n) is 8.59. The lowest BCUT2D eigenvalue weighted by Gasteiger charge is -2.31. The van der Waals surface area contributed by atoms with Gasteiger partial charge in [-0.1, -0.05) is 13.8 Å². The first kappa shape index (κ1) is 17.2. The molecular weight excluding hydrogens is 322 g/mol. The highest BCUT2D eigenvalue weighted by atomic mass is 32.1. The van der Waals surface area contributed by atoms with E-state index in [2.05, 4.69) is 33.9 Å². The number of likely N-dealkylation sites (tertiary alicyclic amines) is 1. The van der Waals surface area contributed by atoms with Gasteiger partial charge < -0.3 is 0 Å². The van der Waals surface area contributed by atoms with Crippen LogP contribution in [0.4, 0.5) is 0 Å². The van der Waals surface area contributed by atoms with Crippen LogP contribution in [0.3, 0.4) is 0 Å². The van der Waals surface area contributed by atoms with E-state index in [4.69, 9.17) is 0 Å². The Morgan fingerprint density at radius 3 is 2.62 bits per heavy atom. The third-order valence-corrected chi connectivity index (χ3v) is 5.40. The van der Waals surface area contributed by atoms with Crippen LogP contribution < -0.4 is 5.56 Å². The van der Waals surface area contributed by atoms with Crippen LogP contribution in [0.5, 0.6) is 0 Å². The molecule has 0 bridgehead atoms. The number of hydrogen-bond donors (Lipinski definition) is 0. The molecule has 0 N–H and O–H groups in total. The van der Waals surface area contributed by atoms with Crippen molar-refractivity contribution >= 4 is 11.3 Å². The Kier molecular flexibility index (Phi) is 5.40. The predicted molar refractivity (Wildman–Crippen MR) is 95.2 cm³/mol. The molecule has 1 saturated heterocycles. The third kappa shape index (κ3) is 4.27. The maximum atomic E-state index is 12.2. The van der Waals surface area contributed by atoms with Crippen molar-refractivity contribution in [1.82, 2.24) is 24.6 Å². The van der Waals surface area contributed by atoms with Crippen LogP contribution in [-0.2, 0) is 13.1 Å². The molecule has 0 saturated carbocycles. The summed E-state index contributed by atoms with van der Waals surface area (Å²) in [6.07, 6.45) is 3.93. The summed E-state index contributed by atoms with van der Waals surface area (Å²) in [6, 6.07) is 1.68. The highest BCUT2D eigenvalue weighted by molar-refractivity contribution is 7.11. The molecule has 1 aliphatic rings. The summed E-state index contributed by atoms with van der Waals surface area (Å²) in [5, 5.41) is 10.4. The van der Waals surface area contributed by atoms with E-state index in [1.165, 1.54) is 0 Å². The van der Waals surface area contributed by atoms with Gasteiger partial charge in [0.05, 0.1) is 18.6 Å². The van der Waals surface area contributed by atoms with E-state index in [0.29, 0.717) is 11.8 Å². The van der Waals surface area contributed by atoms with Crippen LogP contribution in [0.25, 0.3) is 0 Å². The van der Waals surface area contributed by atoms with Crippen molar-refractivity contribution in [3.05, 3.63) is 38.5 Å². The molecule has 0 amide bonds. The van der Waals surface area contributed by atoms with Crippen LogP contribution in [0.15, 0.2) is 17.2 Å². The summed E-state index contributed by atoms with van der Waals surface area (Å²) in [4.78, 5) is 19.1. The number of rotatable bonds is 5. The van der Waals surface area contributed by atoms with Crippen LogP contribution in [-0.4, -0.2) is 37.7 Å². The van der Waals surface area contributed by atoms with Crippen LogP contribution in [0.2, 0.25) is 0 Å². The van der Waals surface area contributed by atoms with Gasteiger partial charge in [-0.3, -0.25) is 14.3 Å². The van der Waals surface area contributed by atoms with Gasteiger partial charge in [-0.05, 0) is 44.7 Å². The lowest BCUT2D eigenvalue weighted by atomic mass is 9.96. The summed E-state index contributed by atoms with van der Waals surface area (Å²) in [5.41, 5.74) is 0.943. The molecule has 3 rings (SSSR count). The van der Waals surface area contributed by atoms with E-state index >= 15 is 0 Å². The van der Waals surface area contributed by atoms with Crippen molar-refractivity contribution in [3.8, 4) is 0 Å². The molecule has 1 aliphatic heterocycles. The van der Waals surface area contributed by atoms with Gasteiger partial charge in [0.1, 0.15) is 10.0 Å². The minimum absolute atomic E-state index is 0.0699. The van der Waals surface area contributed by atoms with Crippen molar-refractivity contribution in [2.45, 2.75) is 52.6 Å². The number of aromatic nitrogens is 4. The lowest BCUT2D eigenvalue weighted by Crippen LogP contribution is -2.36. The van der Waals surface area contributed by atoms with Gasteiger partial charge in [0, 0.05) is 12.6 Å². The van der Waals surface area contributed by atoms with Crippen molar-refractivity contribution in [1.29, 1.82) is 0 Å². The number of hydrogen-bond acceptors (Lipinski definition) is 6. The summed E-state index contributed by atoms with van der Waals surface area (Å²) in [5.74, 6) is 0.835. The monoisotopic (exact) mass is 347 g/mol. The molecule has 0 unspecified atom stereocenters. The highest BCUT2D eigenvalue weighted by Gasteiger charge is 2.21. The van der Waals surface area contributed by atoms with Crippen LogP contribution in [0, 0.1) is 12.8 Å². The second kappa shape index (κ2) is 7.53. The van der Waals surface area contributed by atoms with E-state index in [0.717, 1.165) is 54.7 Å². The molecule has 0 aliphatic carbocycles. The molecule has 24 heavy (non-hydrogen) atoms. The van der Waals surface area contributed by atoms with Gasteiger partial charge >= 0.3 is 0 Å². The molecule has 0 atom stereocenters. The van der Waals surface area contributed by atoms with E-state index in [-0.39, 0.29) is 5.56 Å². The van der Waals surface area contributed by atoms with Gasteiger partial charge in [-0.2, -0.15) is 0 Å². The second-order valence-corrected chi connectivity index (χ2v) is 8.16. The summed E-state index contributed by atoms with van der Waals surface area (Å²) < 4.78 is 1.76. The first-order valence-corrected chi connectivity index (χ1v) is 9.40. The zero-order chi connectivity index (χ0) is 17.1. The number of piperidine rings is 1. The Bertz CT molecular complexity index is 731. The van der Waals surface area contributed by atoms with E-state index in [1.807, 2.05) is 6.92 Å². The van der Waals surface area contributed by atoms with Gasteiger partial charge in [0.15, 0.2) is 0 Å². The van der Waals surface area contributed by atoms with E-state index in [9.17, 15) is 4.79 Å². The topological polar surface area (TPSA) is 63.9 Å². The van der Waals surface area contributed by atoms with Crippen molar-refractivity contribution < 1.29 is 0 Å². The minimum atomic E-state index is 0.0699. The quantitative estimate of drug-likeness (QED) is 0.831. The molecule has 6 nitrogen and oxygen atoms in total. The van der Waals surface area contributed by atoms with Crippen molar-refractivity contribution in [3.63, 3.8) is 0 Å². The molecule has 2 aromatic rings. The van der Waals surface area contributed by atoms with Crippen LogP contribution in [0.1, 0.15) is 48.3 Å². The molecule has 7 heteroatoms. The molecule has 2 aromatic heterocycles. The van der Waals surface area contributed by atoms with Crippen LogP contribution >= 0.6 is 11.3 Å². The number of aryl methyl sites for hydroxylation is 1. The molecule has 0 radical (unpaired) electrons. The fourth-order valence-corrected chi connectivity index (χ4v) is 3.84. The first-order chi connectivity index (χ1) is 11.5. The zero-order valence-electron chi connectivity index (χ0n) is 14.6. The molecule has 3 heterocycles. The van der Waals surface area contributed by atoms with Gasteiger partial charge in [0.25, 0.3) is 5.56 Å². The molecule has 0 aromatic carbocycles. The highest BCUT2D eigenvalue weighted by Crippen LogP contribution is 2.21. The van der Waals surface area contributed by atoms with E-state index < -0.39 is 0 Å². The Balaban J connectivity index is 1.53. The summed E-state index contributed by atoms with van der Waals surface area (Å²) >= 11 is 1.67. The van der Waals surface area contributed by atoms with E-state index in [1.54, 1.807) is 28.3 Å². The molecule has 130 valence electrons. The molecule has 0 spiro atoms. The largest absolute Gasteiger partial charge is 0.299 e. The summed E-state index contributed by atoms with van der Waals surface area (Å²) in [6.45, 7) is 9.87. The molecule has 1 fully saturated rings. The van der Waals surface area contributed by atoms with Crippen molar-refractivity contribution in [2.24, 2.45) is 5.92 Å². The van der Waals surface area contributed by atoms with Gasteiger partial charge in [-0.25, -0.2) is 4.98 Å². The maximum Gasteiger partial charge on any atom is 0.253 e. The minimum Gasteiger partial charge on any atom is -0.299 e. The average molecular weight is 347 g/mol. The Morgan fingerprint density at radius 2 is 2.04 bits per heavy atom. The fourth-order valence-electron chi connectivity index (χ4n) is 3.09. The Hall–Kier alpha value is -1.60. The van der Waals surface area contributed by atoms with Gasteiger partial charge in [0.2, 0.25) is 0 Å². The van der Waals surface area contributed by atoms with Crippen molar-refractivity contribution in [2.75, 3.05) is 13.1 Å².